The zero-order valence-corrected chi connectivity index (χ0v) is 22.0. The molecule has 1 aliphatic heterocycles. The molecule has 5 aromatic rings. The molecule has 2 amide bonds. The van der Waals surface area contributed by atoms with Crippen molar-refractivity contribution in [1.82, 2.24) is 9.88 Å². The number of nitrogens with two attached hydrogens (primary N) is 2. The topological polar surface area (TPSA) is 117 Å². The van der Waals surface area contributed by atoms with Crippen LogP contribution < -0.4 is 16.8 Å². The Kier molecular flexibility index (Phi) is 6.79. The van der Waals surface area contributed by atoms with Gasteiger partial charge in [-0.3, -0.25) is 14.5 Å². The van der Waals surface area contributed by atoms with Crippen LogP contribution >= 0.6 is 0 Å². The number of hydrogen-bond donors (Lipinski definition) is 4. The summed E-state index contributed by atoms with van der Waals surface area (Å²) in [5.74, 6) is -1.29. The van der Waals surface area contributed by atoms with Crippen LogP contribution in [0, 0.1) is 5.82 Å². The van der Waals surface area contributed by atoms with Crippen molar-refractivity contribution in [2.75, 3.05) is 18.4 Å². The molecule has 0 radical (unpaired) electrons. The maximum absolute atomic E-state index is 13.4. The average molecular weight is 536 g/mol. The van der Waals surface area contributed by atoms with E-state index in [0.29, 0.717) is 22.3 Å². The van der Waals surface area contributed by atoms with Crippen LogP contribution in [0.5, 0.6) is 0 Å². The van der Waals surface area contributed by atoms with Gasteiger partial charge in [-0.25, -0.2) is 4.39 Å². The molecule has 0 aliphatic carbocycles. The lowest BCUT2D eigenvalue weighted by atomic mass is 9.92. The second kappa shape index (κ2) is 10.6. The molecule has 0 atom stereocenters. The van der Waals surface area contributed by atoms with Crippen molar-refractivity contribution in [1.29, 1.82) is 0 Å². The minimum atomic E-state index is -0.514. The van der Waals surface area contributed by atoms with Crippen molar-refractivity contribution >= 4 is 39.3 Å². The van der Waals surface area contributed by atoms with E-state index in [1.807, 2.05) is 18.2 Å². The molecule has 1 saturated heterocycles. The largest absolute Gasteiger partial charge is 0.366 e. The summed E-state index contributed by atoms with van der Waals surface area (Å²) in [6.07, 6.45) is 2.46. The molecule has 1 aromatic heterocycles. The van der Waals surface area contributed by atoms with Gasteiger partial charge in [-0.1, -0.05) is 30.3 Å². The summed E-state index contributed by atoms with van der Waals surface area (Å²) in [6.45, 7) is 3.26. The van der Waals surface area contributed by atoms with E-state index in [-0.39, 0.29) is 12.5 Å². The Hall–Kier alpha value is -4.53. The first kappa shape index (κ1) is 25.7. The van der Waals surface area contributed by atoms with E-state index in [0.717, 1.165) is 52.6 Å². The fourth-order valence-corrected chi connectivity index (χ4v) is 5.76. The lowest BCUT2D eigenvalue weighted by Gasteiger charge is -2.16. The molecular formula is C32H30FN5O2. The van der Waals surface area contributed by atoms with Crippen LogP contribution in [0.15, 0.2) is 72.8 Å². The monoisotopic (exact) mass is 535 g/mol. The molecule has 0 bridgehead atoms. The maximum atomic E-state index is 13.4. The number of nitrogens with zero attached hydrogens (tertiary/aromatic N) is 1. The molecule has 2 heterocycles. The quantitative estimate of drug-likeness (QED) is 0.219. The maximum Gasteiger partial charge on any atom is 0.255 e. The Labute approximate surface area is 231 Å². The van der Waals surface area contributed by atoms with E-state index in [1.165, 1.54) is 42.7 Å². The van der Waals surface area contributed by atoms with Crippen molar-refractivity contribution in [3.05, 3.63) is 101 Å². The van der Waals surface area contributed by atoms with E-state index in [9.17, 15) is 14.0 Å². The van der Waals surface area contributed by atoms with Crippen molar-refractivity contribution in [3.63, 3.8) is 0 Å². The van der Waals surface area contributed by atoms with Gasteiger partial charge in [-0.05, 0) is 90.6 Å². The van der Waals surface area contributed by atoms with Crippen LogP contribution in [0.1, 0.15) is 44.7 Å². The fraction of sp³-hybridized carbons (Fsp3) is 0.188. The van der Waals surface area contributed by atoms with Crippen LogP contribution in [0.2, 0.25) is 0 Å². The molecule has 1 fully saturated rings. The number of halogens is 1. The predicted octanol–water partition coefficient (Wildman–Crippen LogP) is 5.53. The van der Waals surface area contributed by atoms with Gasteiger partial charge >= 0.3 is 0 Å². The third kappa shape index (κ3) is 4.72. The number of rotatable bonds is 7. The van der Waals surface area contributed by atoms with Gasteiger partial charge in [-0.15, -0.1) is 0 Å². The van der Waals surface area contributed by atoms with Gasteiger partial charge in [0.15, 0.2) is 0 Å². The molecule has 0 spiro atoms. The molecule has 0 saturated carbocycles. The first-order valence-electron chi connectivity index (χ1n) is 13.4. The number of aromatic amines is 1. The number of nitrogens with one attached hydrogen (secondary N) is 2. The van der Waals surface area contributed by atoms with Crippen molar-refractivity contribution in [2.45, 2.75) is 25.9 Å². The molecule has 202 valence electrons. The normalized spacial score (nSPS) is 13.8. The van der Waals surface area contributed by atoms with Gasteiger partial charge in [0.25, 0.3) is 11.8 Å². The molecule has 40 heavy (non-hydrogen) atoms. The molecule has 8 heteroatoms. The first-order valence-corrected chi connectivity index (χ1v) is 13.4. The van der Waals surface area contributed by atoms with Crippen LogP contribution in [0.4, 0.5) is 10.1 Å². The SMILES string of the molecule is NCc1c(NC(=O)c2ccc(F)cc2)cccc1-c1ccc(C(N)=O)c2[nH]c3cc(CN4CCCC4)ccc3c12. The van der Waals surface area contributed by atoms with E-state index in [1.54, 1.807) is 12.1 Å². The molecule has 0 unspecified atom stereocenters. The minimum Gasteiger partial charge on any atom is -0.366 e. The first-order chi connectivity index (χ1) is 19.4. The standard InChI is InChI=1S/C32H30FN5O2/c33-21-9-7-20(8-10-21)32(40)37-27-5-3-4-22(26(27)17-34)23-12-13-25(31(35)39)30-29(23)24-11-6-19(16-28(24)36-30)18-38-14-1-2-15-38/h3-13,16,36H,1-2,14-15,17-18,34H2,(H2,35,39)(H,37,40). The number of aromatic nitrogens is 1. The Morgan fingerprint density at radius 3 is 2.45 bits per heavy atom. The molecule has 6 rings (SSSR count). The van der Waals surface area contributed by atoms with Crippen molar-refractivity contribution < 1.29 is 14.0 Å². The Bertz CT molecular complexity index is 1750. The average Bonchev–Trinajstić information content (AvgIpc) is 3.60. The van der Waals surface area contributed by atoms with Gasteiger partial charge in [-0.2, -0.15) is 0 Å². The van der Waals surface area contributed by atoms with Gasteiger partial charge in [0.2, 0.25) is 0 Å². The van der Waals surface area contributed by atoms with Gasteiger partial charge in [0.05, 0.1) is 11.1 Å². The number of H-pyrrole nitrogens is 1. The minimum absolute atomic E-state index is 0.163. The van der Waals surface area contributed by atoms with Gasteiger partial charge < -0.3 is 21.8 Å². The highest BCUT2D eigenvalue weighted by Gasteiger charge is 2.20. The predicted molar refractivity (Wildman–Crippen MR) is 157 cm³/mol. The number of primary amides is 1. The summed E-state index contributed by atoms with van der Waals surface area (Å²) in [6, 6.07) is 21.0. The molecular weight excluding hydrogens is 505 g/mol. The lowest BCUT2D eigenvalue weighted by molar-refractivity contribution is 0.0998. The van der Waals surface area contributed by atoms with Crippen LogP contribution in [-0.2, 0) is 13.1 Å². The van der Waals surface area contributed by atoms with E-state index in [4.69, 9.17) is 11.5 Å². The number of fused-ring (bicyclic) bond motifs is 3. The number of hydrogen-bond acceptors (Lipinski definition) is 4. The van der Waals surface area contributed by atoms with Gasteiger partial charge in [0, 0.05) is 40.6 Å². The van der Waals surface area contributed by atoms with Gasteiger partial charge in [0.1, 0.15) is 5.82 Å². The Morgan fingerprint density at radius 2 is 1.73 bits per heavy atom. The van der Waals surface area contributed by atoms with Crippen LogP contribution in [0.3, 0.4) is 0 Å². The number of anilines is 1. The summed E-state index contributed by atoms with van der Waals surface area (Å²) in [5, 5.41) is 4.77. The zero-order valence-electron chi connectivity index (χ0n) is 22.0. The fourth-order valence-electron chi connectivity index (χ4n) is 5.76. The second-order valence-corrected chi connectivity index (χ2v) is 10.3. The summed E-state index contributed by atoms with van der Waals surface area (Å²) >= 11 is 0. The van der Waals surface area contributed by atoms with Crippen LogP contribution in [0.25, 0.3) is 32.9 Å². The van der Waals surface area contributed by atoms with E-state index in [2.05, 4.69) is 33.4 Å². The number of carbonyl (C=O) groups excluding carboxylic acids is 2. The zero-order chi connectivity index (χ0) is 27.8. The molecule has 1 aliphatic rings. The molecule has 7 nitrogen and oxygen atoms in total. The molecule has 4 aromatic carbocycles. The molecule has 6 N–H and O–H groups in total. The Morgan fingerprint density at radius 1 is 0.950 bits per heavy atom. The second-order valence-electron chi connectivity index (χ2n) is 10.3. The number of carbonyl (C=O) groups is 2. The summed E-state index contributed by atoms with van der Waals surface area (Å²) in [7, 11) is 0. The summed E-state index contributed by atoms with van der Waals surface area (Å²) < 4.78 is 13.4. The highest BCUT2D eigenvalue weighted by Crippen LogP contribution is 2.39. The van der Waals surface area contributed by atoms with Crippen LogP contribution in [-0.4, -0.2) is 34.8 Å². The third-order valence-corrected chi connectivity index (χ3v) is 7.71. The van der Waals surface area contributed by atoms with E-state index < -0.39 is 11.7 Å². The van der Waals surface area contributed by atoms with Crippen molar-refractivity contribution in [3.8, 4) is 11.1 Å². The summed E-state index contributed by atoms with van der Waals surface area (Å²) in [4.78, 5) is 31.2. The third-order valence-electron chi connectivity index (χ3n) is 7.71. The van der Waals surface area contributed by atoms with E-state index >= 15 is 0 Å². The number of likely N-dealkylation sites (tertiary alicyclic amines) is 1. The summed E-state index contributed by atoms with van der Waals surface area (Å²) in [5.41, 5.74) is 18.6. The number of amides is 2. The van der Waals surface area contributed by atoms with Crippen molar-refractivity contribution in [2.24, 2.45) is 11.5 Å². The smallest absolute Gasteiger partial charge is 0.255 e. The Balaban J connectivity index is 1.46. The highest BCUT2D eigenvalue weighted by atomic mass is 19.1. The lowest BCUT2D eigenvalue weighted by Crippen LogP contribution is -2.18. The highest BCUT2D eigenvalue weighted by molar-refractivity contribution is 6.20. The number of benzene rings is 4.